The molecule has 1 atom stereocenters. The van der Waals surface area contributed by atoms with E-state index in [9.17, 15) is 9.90 Å². The number of hydrogen-bond acceptors (Lipinski definition) is 5. The lowest BCUT2D eigenvalue weighted by molar-refractivity contribution is 0.149. The summed E-state index contributed by atoms with van der Waals surface area (Å²) in [6.45, 7) is 1.85. The van der Waals surface area contributed by atoms with Crippen molar-refractivity contribution in [3.05, 3.63) is 52.5 Å². The van der Waals surface area contributed by atoms with E-state index in [1.807, 2.05) is 0 Å². The fourth-order valence-corrected chi connectivity index (χ4v) is 2.28. The highest BCUT2D eigenvalue weighted by molar-refractivity contribution is 14.0. The van der Waals surface area contributed by atoms with Crippen LogP contribution in [0.3, 0.4) is 0 Å². The van der Waals surface area contributed by atoms with Crippen molar-refractivity contribution in [2.24, 2.45) is 7.05 Å². The second-order valence-electron chi connectivity index (χ2n) is 4.85. The Morgan fingerprint density at radius 3 is 2.82 bits per heavy atom. The highest BCUT2D eigenvalue weighted by atomic mass is 127. The summed E-state index contributed by atoms with van der Waals surface area (Å²) in [5, 5.41) is 14.7. The molecule has 1 unspecified atom stereocenters. The molecule has 0 saturated carbocycles. The van der Waals surface area contributed by atoms with Crippen LogP contribution < -0.4 is 5.56 Å². The van der Waals surface area contributed by atoms with Crippen LogP contribution in [0.2, 0.25) is 0 Å². The van der Waals surface area contributed by atoms with Crippen LogP contribution in [0.1, 0.15) is 17.6 Å². The summed E-state index contributed by atoms with van der Waals surface area (Å²) in [4.78, 5) is 20.9. The minimum Gasteiger partial charge on any atom is -0.385 e. The first-order valence-electron chi connectivity index (χ1n) is 6.56. The number of hydrogen-bond donors (Lipinski definition) is 1. The van der Waals surface area contributed by atoms with Crippen molar-refractivity contribution in [2.75, 3.05) is 0 Å². The molecule has 0 saturated heterocycles. The molecular weight excluding hydrogens is 397 g/mol. The van der Waals surface area contributed by atoms with Gasteiger partial charge in [-0.1, -0.05) is 6.07 Å². The molecule has 0 amide bonds. The zero-order valence-corrected chi connectivity index (χ0v) is 14.5. The van der Waals surface area contributed by atoms with Crippen LogP contribution in [0.15, 0.2) is 35.4 Å². The number of aliphatic hydroxyl groups is 1. The molecule has 8 heteroatoms. The van der Waals surface area contributed by atoms with E-state index in [2.05, 4.69) is 15.1 Å². The van der Waals surface area contributed by atoms with Gasteiger partial charge in [0.2, 0.25) is 0 Å². The molecule has 0 aromatic carbocycles. The maximum Gasteiger partial charge on any atom is 0.264 e. The minimum absolute atomic E-state index is 0. The summed E-state index contributed by atoms with van der Waals surface area (Å²) >= 11 is 0. The molecule has 0 aliphatic carbocycles. The van der Waals surface area contributed by atoms with E-state index in [0.29, 0.717) is 22.6 Å². The van der Waals surface area contributed by atoms with Gasteiger partial charge in [-0.2, -0.15) is 5.10 Å². The van der Waals surface area contributed by atoms with Crippen molar-refractivity contribution in [2.45, 2.75) is 19.6 Å². The van der Waals surface area contributed by atoms with Gasteiger partial charge in [0, 0.05) is 13.2 Å². The maximum atomic E-state index is 12.5. The zero-order chi connectivity index (χ0) is 15.0. The summed E-state index contributed by atoms with van der Waals surface area (Å²) in [6.07, 6.45) is 2.24. The minimum atomic E-state index is -0.862. The molecule has 3 heterocycles. The summed E-state index contributed by atoms with van der Waals surface area (Å²) in [5.74, 6) is 0.533. The van der Waals surface area contributed by atoms with Crippen LogP contribution in [0.5, 0.6) is 0 Å². The Kier molecular flexibility index (Phi) is 4.91. The number of aromatic nitrogens is 5. The highest BCUT2D eigenvalue weighted by Crippen LogP contribution is 2.13. The van der Waals surface area contributed by atoms with Gasteiger partial charge in [0.05, 0.1) is 18.4 Å². The zero-order valence-electron chi connectivity index (χ0n) is 12.2. The Bertz CT molecular complexity index is 844. The third-order valence-electron chi connectivity index (χ3n) is 3.43. The lowest BCUT2D eigenvalue weighted by Crippen LogP contribution is -2.27. The molecule has 0 aliphatic heterocycles. The van der Waals surface area contributed by atoms with Crippen LogP contribution in [0.4, 0.5) is 0 Å². The Morgan fingerprint density at radius 2 is 2.14 bits per heavy atom. The molecule has 22 heavy (non-hydrogen) atoms. The monoisotopic (exact) mass is 413 g/mol. The van der Waals surface area contributed by atoms with E-state index in [1.54, 1.807) is 43.0 Å². The van der Waals surface area contributed by atoms with Gasteiger partial charge in [-0.3, -0.25) is 19.0 Å². The van der Waals surface area contributed by atoms with E-state index >= 15 is 0 Å². The van der Waals surface area contributed by atoms with Crippen LogP contribution >= 0.6 is 24.0 Å². The van der Waals surface area contributed by atoms with Crippen LogP contribution in [-0.4, -0.2) is 29.4 Å². The predicted molar refractivity (Wildman–Crippen MR) is 92.1 cm³/mol. The number of aryl methyl sites for hydroxylation is 2. The second kappa shape index (κ2) is 6.53. The molecular formula is C14H16IN5O2. The van der Waals surface area contributed by atoms with Crippen LogP contribution in [0, 0.1) is 6.92 Å². The van der Waals surface area contributed by atoms with Crippen molar-refractivity contribution >= 4 is 35.0 Å². The molecule has 7 nitrogen and oxygen atoms in total. The van der Waals surface area contributed by atoms with Crippen LogP contribution in [-0.2, 0) is 13.6 Å². The number of aliphatic hydroxyl groups excluding tert-OH is 1. The van der Waals surface area contributed by atoms with Gasteiger partial charge >= 0.3 is 0 Å². The number of fused-ring (bicyclic) bond motifs is 1. The van der Waals surface area contributed by atoms with Gasteiger partial charge in [-0.15, -0.1) is 24.0 Å². The normalized spacial score (nSPS) is 12.1. The maximum absolute atomic E-state index is 12.5. The van der Waals surface area contributed by atoms with Crippen molar-refractivity contribution in [1.29, 1.82) is 0 Å². The van der Waals surface area contributed by atoms with Gasteiger partial charge in [0.15, 0.2) is 5.65 Å². The molecule has 0 fully saturated rings. The van der Waals surface area contributed by atoms with Gasteiger partial charge in [0.1, 0.15) is 17.3 Å². The highest BCUT2D eigenvalue weighted by Gasteiger charge is 2.16. The Labute approximate surface area is 143 Å². The molecule has 0 bridgehead atoms. The first-order chi connectivity index (χ1) is 10.1. The molecule has 0 spiro atoms. The van der Waals surface area contributed by atoms with E-state index < -0.39 is 6.10 Å². The lowest BCUT2D eigenvalue weighted by Gasteiger charge is -2.14. The van der Waals surface area contributed by atoms with E-state index in [-0.39, 0.29) is 36.1 Å². The quantitative estimate of drug-likeness (QED) is 0.652. The lowest BCUT2D eigenvalue weighted by atomic mass is 10.2. The van der Waals surface area contributed by atoms with Crippen LogP contribution in [0.25, 0.3) is 11.0 Å². The molecule has 1 N–H and O–H groups in total. The smallest absolute Gasteiger partial charge is 0.264 e. The molecule has 3 aromatic rings. The Hall–Kier alpha value is -1.81. The molecule has 0 radical (unpaired) electrons. The third kappa shape index (κ3) is 2.88. The van der Waals surface area contributed by atoms with Gasteiger partial charge in [0.25, 0.3) is 5.56 Å². The first-order valence-corrected chi connectivity index (χ1v) is 6.56. The number of halogens is 1. The summed E-state index contributed by atoms with van der Waals surface area (Å²) < 4.78 is 3.01. The average molecular weight is 413 g/mol. The van der Waals surface area contributed by atoms with Crippen molar-refractivity contribution in [3.63, 3.8) is 0 Å². The Morgan fingerprint density at radius 1 is 1.36 bits per heavy atom. The van der Waals surface area contributed by atoms with Crippen molar-refractivity contribution < 1.29 is 5.11 Å². The summed E-state index contributed by atoms with van der Waals surface area (Å²) in [7, 11) is 1.74. The fraction of sp³-hybridized carbons (Fsp3) is 0.286. The number of rotatable bonds is 3. The van der Waals surface area contributed by atoms with Gasteiger partial charge in [-0.25, -0.2) is 4.98 Å². The fourth-order valence-electron chi connectivity index (χ4n) is 2.28. The predicted octanol–water partition coefficient (Wildman–Crippen LogP) is 1.19. The average Bonchev–Trinajstić information content (AvgIpc) is 2.86. The van der Waals surface area contributed by atoms with Gasteiger partial charge in [-0.05, 0) is 19.1 Å². The largest absolute Gasteiger partial charge is 0.385 e. The third-order valence-corrected chi connectivity index (χ3v) is 3.43. The molecule has 3 aromatic heterocycles. The SMILES string of the molecule is Cc1nc2c(cnn2C)c(=O)n1CC(O)c1ccccn1.I. The first kappa shape index (κ1) is 16.6. The van der Waals surface area contributed by atoms with E-state index in [0.717, 1.165) is 0 Å². The number of pyridine rings is 1. The van der Waals surface area contributed by atoms with E-state index in [4.69, 9.17) is 0 Å². The standard InChI is InChI=1S/C14H15N5O2.HI/c1-9-17-13-10(7-16-18(13)2)14(21)19(9)8-12(20)11-5-3-4-6-15-11;/h3-7,12,20H,8H2,1-2H3;1H. The van der Waals surface area contributed by atoms with E-state index in [1.165, 1.54) is 10.8 Å². The molecule has 0 aliphatic rings. The van der Waals surface area contributed by atoms with Gasteiger partial charge < -0.3 is 5.11 Å². The summed E-state index contributed by atoms with van der Waals surface area (Å²) in [5.41, 5.74) is 0.858. The molecule has 116 valence electrons. The van der Waals surface area contributed by atoms with Crippen molar-refractivity contribution in [3.8, 4) is 0 Å². The topological polar surface area (TPSA) is 85.8 Å². The number of nitrogens with zero attached hydrogens (tertiary/aromatic N) is 5. The summed E-state index contributed by atoms with van der Waals surface area (Å²) in [6, 6.07) is 5.29. The molecule has 3 rings (SSSR count). The Balaban J connectivity index is 0.00000176. The second-order valence-corrected chi connectivity index (χ2v) is 4.85. The van der Waals surface area contributed by atoms with Crippen molar-refractivity contribution in [1.82, 2.24) is 24.3 Å².